The molecule has 0 aliphatic carbocycles. The third-order valence-electron chi connectivity index (χ3n) is 7.12. The van der Waals surface area contributed by atoms with E-state index < -0.39 is 11.9 Å². The average molecular weight is 569 g/mol. The number of morpholine rings is 1. The molecule has 2 aromatic carbocycles. The molecular weight excluding hydrogens is 547 g/mol. The zero-order chi connectivity index (χ0) is 27.3. The molecule has 39 heavy (non-hydrogen) atoms. The summed E-state index contributed by atoms with van der Waals surface area (Å²) in [7, 11) is 2.03. The van der Waals surface area contributed by atoms with Gasteiger partial charge >= 0.3 is 6.09 Å². The molecule has 1 atom stereocenters. The summed E-state index contributed by atoms with van der Waals surface area (Å²) in [5, 5.41) is 22.9. The maximum absolute atomic E-state index is 14.9. The third kappa shape index (κ3) is 4.44. The molecule has 4 aromatic rings. The summed E-state index contributed by atoms with van der Waals surface area (Å²) in [5.41, 5.74) is 3.32. The Bertz CT molecular complexity index is 1690. The Morgan fingerprint density at radius 1 is 1.33 bits per heavy atom. The van der Waals surface area contributed by atoms with Gasteiger partial charge in [0.2, 0.25) is 5.88 Å². The molecule has 1 fully saturated rings. The van der Waals surface area contributed by atoms with E-state index in [4.69, 9.17) is 30.8 Å². The van der Waals surface area contributed by atoms with Gasteiger partial charge in [0.25, 0.3) is 0 Å². The van der Waals surface area contributed by atoms with Gasteiger partial charge in [0.05, 0.1) is 53.3 Å². The molecule has 0 spiro atoms. The quantitative estimate of drug-likeness (QED) is 0.319. The average Bonchev–Trinajstić information content (AvgIpc) is 3.54. The largest absolute Gasteiger partial charge is 0.476 e. The first-order chi connectivity index (χ1) is 18.9. The van der Waals surface area contributed by atoms with E-state index in [9.17, 15) is 19.6 Å². The summed E-state index contributed by atoms with van der Waals surface area (Å²) in [6.45, 7) is 3.09. The fourth-order valence-corrected chi connectivity index (χ4v) is 6.56. The second-order valence-electron chi connectivity index (χ2n) is 9.35. The van der Waals surface area contributed by atoms with Crippen LogP contribution in [0.4, 0.5) is 14.2 Å². The van der Waals surface area contributed by atoms with Crippen LogP contribution >= 0.6 is 22.9 Å². The Morgan fingerprint density at radius 2 is 2.15 bits per heavy atom. The fraction of sp³-hybridized carbons (Fsp3) is 0.296. The molecule has 2 aliphatic heterocycles. The summed E-state index contributed by atoms with van der Waals surface area (Å²) in [6, 6.07) is 8.69. The molecular formula is C27H22ClFN4O5S. The number of hydrogen-bond acceptors (Lipinski definition) is 8. The number of nitrogens with zero attached hydrogens (tertiary/aromatic N) is 3. The van der Waals surface area contributed by atoms with Crippen molar-refractivity contribution in [3.63, 3.8) is 0 Å². The summed E-state index contributed by atoms with van der Waals surface area (Å²) < 4.78 is 32.5. The Kier molecular flexibility index (Phi) is 6.74. The number of halogens is 2. The van der Waals surface area contributed by atoms with Crippen molar-refractivity contribution in [2.24, 2.45) is 0 Å². The van der Waals surface area contributed by atoms with E-state index in [0.717, 1.165) is 34.4 Å². The number of carboxylic acid groups (broad SMARTS) is 1. The number of amides is 1. The van der Waals surface area contributed by atoms with Crippen LogP contribution in [-0.2, 0) is 22.7 Å². The second-order valence-corrected chi connectivity index (χ2v) is 10.8. The number of fused-ring (bicyclic) bond motifs is 4. The normalized spacial score (nSPS) is 17.3. The Hall–Kier alpha value is -3.53. The van der Waals surface area contributed by atoms with Gasteiger partial charge in [0.15, 0.2) is 0 Å². The van der Waals surface area contributed by atoms with Gasteiger partial charge in [0, 0.05) is 28.9 Å². The van der Waals surface area contributed by atoms with Crippen LogP contribution in [0.15, 0.2) is 24.3 Å². The highest BCUT2D eigenvalue weighted by molar-refractivity contribution is 7.23. The maximum Gasteiger partial charge on any atom is 0.409 e. The lowest BCUT2D eigenvalue weighted by Gasteiger charge is -2.31. The van der Waals surface area contributed by atoms with Crippen LogP contribution in [0.25, 0.3) is 32.1 Å². The lowest BCUT2D eigenvalue weighted by atomic mass is 9.91. The summed E-state index contributed by atoms with van der Waals surface area (Å²) in [4.78, 5) is 18.3. The van der Waals surface area contributed by atoms with Crippen LogP contribution in [0.1, 0.15) is 16.7 Å². The zero-order valence-corrected chi connectivity index (χ0v) is 22.3. The highest BCUT2D eigenvalue weighted by atomic mass is 35.5. The molecule has 4 heterocycles. The van der Waals surface area contributed by atoms with Crippen molar-refractivity contribution < 1.29 is 28.5 Å². The van der Waals surface area contributed by atoms with Crippen molar-refractivity contribution in [1.82, 2.24) is 9.88 Å². The lowest BCUT2D eigenvalue weighted by Crippen LogP contribution is -2.46. The molecule has 0 unspecified atom stereocenters. The smallest absolute Gasteiger partial charge is 0.409 e. The van der Waals surface area contributed by atoms with Crippen LogP contribution in [0.5, 0.6) is 5.88 Å². The number of rotatable bonds is 5. The number of thiophene rings is 1. The maximum atomic E-state index is 14.9. The molecule has 0 radical (unpaired) electrons. The highest BCUT2D eigenvalue weighted by Gasteiger charge is 2.29. The van der Waals surface area contributed by atoms with E-state index >= 15 is 0 Å². The van der Waals surface area contributed by atoms with E-state index in [2.05, 4.69) is 10.2 Å². The zero-order valence-electron chi connectivity index (χ0n) is 20.7. The van der Waals surface area contributed by atoms with Crippen LogP contribution < -0.4 is 10.1 Å². The Balaban J connectivity index is 1.51. The third-order valence-corrected chi connectivity index (χ3v) is 8.60. The van der Waals surface area contributed by atoms with Gasteiger partial charge in [-0.05, 0) is 35.9 Å². The van der Waals surface area contributed by atoms with Gasteiger partial charge in [-0.15, -0.1) is 11.3 Å². The number of likely N-dealkylation sites (N-methyl/N-ethyl adjacent to an activating group) is 1. The van der Waals surface area contributed by atoms with Gasteiger partial charge in [-0.1, -0.05) is 17.7 Å². The molecule has 200 valence electrons. The van der Waals surface area contributed by atoms with Crippen LogP contribution in [0.3, 0.4) is 0 Å². The van der Waals surface area contributed by atoms with Gasteiger partial charge < -0.3 is 19.3 Å². The van der Waals surface area contributed by atoms with E-state index in [0.29, 0.717) is 54.0 Å². The van der Waals surface area contributed by atoms with Crippen molar-refractivity contribution in [3.8, 4) is 23.1 Å². The van der Waals surface area contributed by atoms with Crippen LogP contribution in [-0.4, -0.2) is 60.5 Å². The van der Waals surface area contributed by atoms with Gasteiger partial charge in [-0.3, -0.25) is 10.2 Å². The monoisotopic (exact) mass is 568 g/mol. The lowest BCUT2D eigenvalue weighted by molar-refractivity contribution is -0.0113. The predicted octanol–water partition coefficient (Wildman–Crippen LogP) is 5.61. The first-order valence-electron chi connectivity index (χ1n) is 12.1. The number of benzene rings is 2. The summed E-state index contributed by atoms with van der Waals surface area (Å²) in [6.07, 6.45) is -1.35. The predicted molar refractivity (Wildman–Crippen MR) is 145 cm³/mol. The number of nitriles is 1. The number of nitrogens with one attached hydrogen (secondary N) is 1. The highest BCUT2D eigenvalue weighted by Crippen LogP contribution is 2.48. The van der Waals surface area contributed by atoms with E-state index in [1.165, 1.54) is 6.07 Å². The Morgan fingerprint density at radius 3 is 2.92 bits per heavy atom. The molecule has 2 aromatic heterocycles. The molecule has 12 heteroatoms. The number of aromatic nitrogens is 1. The van der Waals surface area contributed by atoms with Crippen molar-refractivity contribution >= 4 is 55.0 Å². The summed E-state index contributed by atoms with van der Waals surface area (Å²) >= 11 is 7.91. The number of anilines is 1. The fourth-order valence-electron chi connectivity index (χ4n) is 5.12. The first-order valence-corrected chi connectivity index (χ1v) is 13.3. The van der Waals surface area contributed by atoms with Gasteiger partial charge in [0.1, 0.15) is 23.5 Å². The molecule has 6 rings (SSSR count). The first kappa shape index (κ1) is 25.7. The second kappa shape index (κ2) is 10.2. The van der Waals surface area contributed by atoms with Crippen molar-refractivity contribution in [2.75, 3.05) is 38.7 Å². The standard InChI is InChI=1S/C27H22ClFN4O5S/c1-33-6-7-36-9-13(33)10-38-20-5-3-14-17-11-37-12-18(17)21(23(28)24(14)31-20)15-2-4-19(29)25-22(15)16(8-30)26(39-25)32-27(34)35/h2-5,13,32H,6-7,9-12H2,1H3,(H,34,35)/t13-/m0/s1. The van der Waals surface area contributed by atoms with Gasteiger partial charge in [-0.25, -0.2) is 14.2 Å². The van der Waals surface area contributed by atoms with E-state index in [1.807, 2.05) is 19.2 Å². The topological polar surface area (TPSA) is 117 Å². The molecule has 0 saturated carbocycles. The molecule has 9 nitrogen and oxygen atoms in total. The number of pyridine rings is 1. The number of carbonyl (C=O) groups is 1. The Labute approximate surface area is 231 Å². The SMILES string of the molecule is CN1CCOC[C@H]1COc1ccc2c3c(c(-c4ccc(F)c5sc(NC(=O)O)c(C#N)c45)c(Cl)c2n1)COC3. The van der Waals surface area contributed by atoms with Crippen molar-refractivity contribution in [2.45, 2.75) is 19.3 Å². The number of ether oxygens (including phenoxy) is 3. The van der Waals surface area contributed by atoms with Crippen molar-refractivity contribution in [1.29, 1.82) is 5.26 Å². The van der Waals surface area contributed by atoms with Crippen molar-refractivity contribution in [3.05, 3.63) is 51.8 Å². The molecule has 1 saturated heterocycles. The minimum Gasteiger partial charge on any atom is -0.476 e. The van der Waals surface area contributed by atoms with Crippen LogP contribution in [0.2, 0.25) is 5.02 Å². The van der Waals surface area contributed by atoms with E-state index in [-0.39, 0.29) is 33.3 Å². The van der Waals surface area contributed by atoms with Gasteiger partial charge in [-0.2, -0.15) is 5.26 Å². The van der Waals surface area contributed by atoms with E-state index in [1.54, 1.807) is 12.1 Å². The molecule has 2 aliphatic rings. The minimum absolute atomic E-state index is 0.0274. The molecule has 0 bridgehead atoms. The molecule has 1 amide bonds. The summed E-state index contributed by atoms with van der Waals surface area (Å²) in [5.74, 6) is -0.164. The van der Waals surface area contributed by atoms with Crippen LogP contribution in [0, 0.1) is 17.1 Å². The number of hydrogen-bond donors (Lipinski definition) is 2. The molecule has 2 N–H and O–H groups in total. The minimum atomic E-state index is -1.35.